The van der Waals surface area contributed by atoms with Gasteiger partial charge in [-0.05, 0) is 0 Å². The SMILES string of the molecule is CS(=O)(=O)NC(=O)Cc1csc(-c2ncc(C#N)cc2O)n1. The zero-order valence-corrected chi connectivity index (χ0v) is 12.9. The van der Waals surface area contributed by atoms with E-state index in [9.17, 15) is 18.3 Å². The van der Waals surface area contributed by atoms with E-state index in [-0.39, 0.29) is 23.4 Å². The topological polar surface area (TPSA) is 133 Å². The quantitative estimate of drug-likeness (QED) is 0.824. The van der Waals surface area contributed by atoms with Crippen molar-refractivity contribution in [2.75, 3.05) is 6.26 Å². The maximum absolute atomic E-state index is 11.5. The molecule has 0 saturated heterocycles. The number of amides is 1. The molecule has 8 nitrogen and oxygen atoms in total. The van der Waals surface area contributed by atoms with Crippen LogP contribution in [0.25, 0.3) is 10.7 Å². The van der Waals surface area contributed by atoms with E-state index in [4.69, 9.17) is 5.26 Å². The number of thiazole rings is 1. The van der Waals surface area contributed by atoms with Crippen molar-refractivity contribution < 1.29 is 18.3 Å². The van der Waals surface area contributed by atoms with E-state index < -0.39 is 15.9 Å². The lowest BCUT2D eigenvalue weighted by molar-refractivity contribution is -0.118. The lowest BCUT2D eigenvalue weighted by Crippen LogP contribution is -2.30. The summed E-state index contributed by atoms with van der Waals surface area (Å²) < 4.78 is 23.7. The van der Waals surface area contributed by atoms with Crippen LogP contribution in [0.15, 0.2) is 17.6 Å². The van der Waals surface area contributed by atoms with Gasteiger partial charge in [0.1, 0.15) is 22.5 Å². The average Bonchev–Trinajstić information content (AvgIpc) is 2.84. The van der Waals surface area contributed by atoms with Gasteiger partial charge in [-0.15, -0.1) is 11.3 Å². The molecule has 1 amide bonds. The van der Waals surface area contributed by atoms with Crippen molar-refractivity contribution in [3.8, 4) is 22.5 Å². The van der Waals surface area contributed by atoms with Crippen LogP contribution in [-0.4, -0.2) is 35.7 Å². The van der Waals surface area contributed by atoms with Crippen molar-refractivity contribution in [3.63, 3.8) is 0 Å². The van der Waals surface area contributed by atoms with Gasteiger partial charge in [-0.1, -0.05) is 0 Å². The Morgan fingerprint density at radius 3 is 2.86 bits per heavy atom. The molecule has 0 unspecified atom stereocenters. The third-order valence-electron chi connectivity index (χ3n) is 2.39. The normalized spacial score (nSPS) is 10.9. The smallest absolute Gasteiger partial charge is 0.239 e. The summed E-state index contributed by atoms with van der Waals surface area (Å²) in [6, 6.07) is 3.11. The third-order valence-corrected chi connectivity index (χ3v) is 3.89. The Labute approximate surface area is 130 Å². The summed E-state index contributed by atoms with van der Waals surface area (Å²) in [5.74, 6) is -0.892. The summed E-state index contributed by atoms with van der Waals surface area (Å²) in [7, 11) is -3.61. The highest BCUT2D eigenvalue weighted by molar-refractivity contribution is 7.89. The first-order chi connectivity index (χ1) is 10.3. The van der Waals surface area contributed by atoms with Crippen molar-refractivity contribution in [2.24, 2.45) is 0 Å². The summed E-state index contributed by atoms with van der Waals surface area (Å²) in [5, 5.41) is 20.5. The number of rotatable bonds is 4. The molecule has 2 rings (SSSR count). The Morgan fingerprint density at radius 2 is 2.27 bits per heavy atom. The van der Waals surface area contributed by atoms with Crippen LogP contribution in [0.3, 0.4) is 0 Å². The largest absolute Gasteiger partial charge is 0.506 e. The fourth-order valence-electron chi connectivity index (χ4n) is 1.58. The fraction of sp³-hybridized carbons (Fsp3) is 0.167. The molecule has 0 aliphatic carbocycles. The molecule has 10 heteroatoms. The molecule has 22 heavy (non-hydrogen) atoms. The molecule has 0 aliphatic rings. The molecular formula is C12H10N4O4S2. The van der Waals surface area contributed by atoms with Crippen molar-refractivity contribution in [2.45, 2.75) is 6.42 Å². The van der Waals surface area contributed by atoms with Gasteiger partial charge >= 0.3 is 0 Å². The molecule has 0 spiro atoms. The van der Waals surface area contributed by atoms with Crippen LogP contribution < -0.4 is 4.72 Å². The molecule has 0 aliphatic heterocycles. The number of aromatic nitrogens is 2. The molecule has 2 aromatic rings. The predicted octanol–water partition coefficient (Wildman–Crippen LogP) is 0.401. The Morgan fingerprint density at radius 1 is 1.55 bits per heavy atom. The first-order valence-electron chi connectivity index (χ1n) is 5.83. The van der Waals surface area contributed by atoms with Crippen LogP contribution in [0.5, 0.6) is 5.75 Å². The summed E-state index contributed by atoms with van der Waals surface area (Å²) in [6.07, 6.45) is 1.98. The summed E-state index contributed by atoms with van der Waals surface area (Å²) >= 11 is 1.14. The molecule has 2 N–H and O–H groups in total. The lowest BCUT2D eigenvalue weighted by atomic mass is 10.2. The zero-order chi connectivity index (χ0) is 16.3. The molecule has 0 saturated carbocycles. The van der Waals surface area contributed by atoms with Gasteiger partial charge in [0.25, 0.3) is 0 Å². The number of carbonyl (C=O) groups excluding carboxylic acids is 1. The number of carbonyl (C=O) groups is 1. The number of nitrogens with one attached hydrogen (secondary N) is 1. The fourth-order valence-corrected chi connectivity index (χ4v) is 2.89. The van der Waals surface area contributed by atoms with Crippen LogP contribution in [0.4, 0.5) is 0 Å². The van der Waals surface area contributed by atoms with Gasteiger partial charge in [0.15, 0.2) is 0 Å². The first-order valence-corrected chi connectivity index (χ1v) is 8.60. The number of sulfonamides is 1. The predicted molar refractivity (Wildman–Crippen MR) is 78.4 cm³/mol. The molecule has 0 fully saturated rings. The monoisotopic (exact) mass is 338 g/mol. The highest BCUT2D eigenvalue weighted by atomic mass is 32.2. The van der Waals surface area contributed by atoms with E-state index in [0.29, 0.717) is 10.7 Å². The second kappa shape index (κ2) is 6.08. The minimum Gasteiger partial charge on any atom is -0.506 e. The Kier molecular flexibility index (Phi) is 4.39. The molecule has 2 aromatic heterocycles. The van der Waals surface area contributed by atoms with Gasteiger partial charge < -0.3 is 5.11 Å². The minimum absolute atomic E-state index is 0.193. The maximum atomic E-state index is 11.5. The Bertz CT molecular complexity index is 867. The molecule has 0 bridgehead atoms. The number of hydrogen-bond donors (Lipinski definition) is 2. The van der Waals surface area contributed by atoms with Gasteiger partial charge in [0.2, 0.25) is 15.9 Å². The number of aromatic hydroxyl groups is 1. The van der Waals surface area contributed by atoms with Crippen molar-refractivity contribution in [1.29, 1.82) is 5.26 Å². The van der Waals surface area contributed by atoms with Crippen molar-refractivity contribution in [3.05, 3.63) is 28.9 Å². The van der Waals surface area contributed by atoms with Gasteiger partial charge in [0, 0.05) is 17.6 Å². The highest BCUT2D eigenvalue weighted by Gasteiger charge is 2.15. The summed E-state index contributed by atoms with van der Waals surface area (Å²) in [5.41, 5.74) is 0.760. The van der Waals surface area contributed by atoms with Crippen LogP contribution in [0, 0.1) is 11.3 Å². The van der Waals surface area contributed by atoms with E-state index in [2.05, 4.69) is 9.97 Å². The lowest BCUT2D eigenvalue weighted by Gasteiger charge is -2.01. The van der Waals surface area contributed by atoms with Crippen molar-refractivity contribution >= 4 is 27.3 Å². The van der Waals surface area contributed by atoms with Gasteiger partial charge in [-0.25, -0.2) is 18.4 Å². The summed E-state index contributed by atoms with van der Waals surface area (Å²) in [6.45, 7) is 0. The number of nitrogens with zero attached hydrogens (tertiary/aromatic N) is 3. The van der Waals surface area contributed by atoms with E-state index in [0.717, 1.165) is 17.6 Å². The Hall–Kier alpha value is -2.51. The number of hydrogen-bond acceptors (Lipinski definition) is 8. The minimum atomic E-state index is -3.61. The van der Waals surface area contributed by atoms with E-state index in [1.54, 1.807) is 5.38 Å². The molecule has 2 heterocycles. The molecule has 114 valence electrons. The number of pyridine rings is 1. The molecular weight excluding hydrogens is 328 g/mol. The van der Waals surface area contributed by atoms with Crippen molar-refractivity contribution in [1.82, 2.24) is 14.7 Å². The molecule has 0 aromatic carbocycles. The molecule has 0 radical (unpaired) electrons. The standard InChI is InChI=1S/C12H10N4O4S2/c1-22(19,20)16-10(18)3-8-6-21-12(15-8)11-9(17)2-7(4-13)5-14-11/h2,5-6,17H,3H2,1H3,(H,16,18). The van der Waals surface area contributed by atoms with Gasteiger partial charge in [0.05, 0.1) is 23.9 Å². The second-order valence-electron chi connectivity index (χ2n) is 4.32. The first kappa shape index (κ1) is 15.9. The third kappa shape index (κ3) is 4.00. The second-order valence-corrected chi connectivity index (χ2v) is 6.93. The van der Waals surface area contributed by atoms with Crippen LogP contribution in [-0.2, 0) is 21.2 Å². The van der Waals surface area contributed by atoms with Crippen LogP contribution in [0.1, 0.15) is 11.3 Å². The van der Waals surface area contributed by atoms with Gasteiger partial charge in [-0.3, -0.25) is 9.52 Å². The van der Waals surface area contributed by atoms with E-state index in [1.807, 2.05) is 10.8 Å². The summed E-state index contributed by atoms with van der Waals surface area (Å²) in [4.78, 5) is 19.6. The maximum Gasteiger partial charge on any atom is 0.239 e. The van der Waals surface area contributed by atoms with E-state index in [1.165, 1.54) is 12.3 Å². The Balaban J connectivity index is 2.19. The highest BCUT2D eigenvalue weighted by Crippen LogP contribution is 2.30. The van der Waals surface area contributed by atoms with E-state index >= 15 is 0 Å². The van der Waals surface area contributed by atoms with Crippen LogP contribution >= 0.6 is 11.3 Å². The average molecular weight is 338 g/mol. The zero-order valence-electron chi connectivity index (χ0n) is 11.3. The van der Waals surface area contributed by atoms with Crippen LogP contribution in [0.2, 0.25) is 0 Å². The number of nitriles is 1. The molecule has 0 atom stereocenters. The van der Waals surface area contributed by atoms with Gasteiger partial charge in [-0.2, -0.15) is 5.26 Å².